The average Bonchev–Trinajstić information content (AvgIpc) is 3.01. The number of benzene rings is 1. The summed E-state index contributed by atoms with van der Waals surface area (Å²) < 4.78 is 1.97. The van der Waals surface area contributed by atoms with E-state index in [-0.39, 0.29) is 11.6 Å². The lowest BCUT2D eigenvalue weighted by Gasteiger charge is -2.38. The average molecular weight is 328 g/mol. The molecule has 0 amide bonds. The number of piperazine rings is 1. The summed E-state index contributed by atoms with van der Waals surface area (Å²) in [4.78, 5) is 4.87. The highest BCUT2D eigenvalue weighted by Crippen LogP contribution is 2.30. The van der Waals surface area contributed by atoms with E-state index in [1.165, 1.54) is 11.1 Å². The summed E-state index contributed by atoms with van der Waals surface area (Å²) in [5.41, 5.74) is 2.38. The van der Waals surface area contributed by atoms with Gasteiger partial charge >= 0.3 is 0 Å². The zero-order valence-electron chi connectivity index (χ0n) is 15.4. The molecule has 6 nitrogen and oxygen atoms in total. The van der Waals surface area contributed by atoms with Gasteiger partial charge in [0.25, 0.3) is 0 Å². The van der Waals surface area contributed by atoms with Crippen LogP contribution in [0.5, 0.6) is 0 Å². The maximum Gasteiger partial charge on any atom is 0.173 e. The summed E-state index contributed by atoms with van der Waals surface area (Å²) in [5, 5.41) is 12.7. The van der Waals surface area contributed by atoms with Crippen molar-refractivity contribution >= 4 is 0 Å². The van der Waals surface area contributed by atoms with E-state index in [0.717, 1.165) is 32.0 Å². The Labute approximate surface area is 144 Å². The largest absolute Gasteiger partial charge is 0.304 e. The van der Waals surface area contributed by atoms with Crippen LogP contribution in [0.2, 0.25) is 0 Å². The first-order valence-corrected chi connectivity index (χ1v) is 8.64. The highest BCUT2D eigenvalue weighted by molar-refractivity contribution is 5.28. The molecule has 0 saturated carbocycles. The number of hydrogen-bond acceptors (Lipinski definition) is 5. The predicted octanol–water partition coefficient (Wildman–Crippen LogP) is 2.07. The van der Waals surface area contributed by atoms with Gasteiger partial charge in [0.05, 0.1) is 11.6 Å². The predicted molar refractivity (Wildman–Crippen MR) is 94.9 cm³/mol. The molecule has 1 aromatic carbocycles. The molecule has 3 rings (SSSR count). The highest BCUT2D eigenvalue weighted by atomic mass is 15.6. The Bertz CT molecular complexity index is 662. The maximum absolute atomic E-state index is 4.42. The third-order valence-electron chi connectivity index (χ3n) is 4.67. The normalized spacial score (nSPS) is 18.7. The number of hydrogen-bond donors (Lipinski definition) is 0. The lowest BCUT2D eigenvalue weighted by Crippen LogP contribution is -2.47. The van der Waals surface area contributed by atoms with E-state index in [1.54, 1.807) is 0 Å². The molecule has 1 saturated heterocycles. The van der Waals surface area contributed by atoms with Crippen molar-refractivity contribution in [3.8, 4) is 0 Å². The third kappa shape index (κ3) is 3.49. The van der Waals surface area contributed by atoms with Gasteiger partial charge in [-0.2, -0.15) is 0 Å². The van der Waals surface area contributed by atoms with E-state index < -0.39 is 0 Å². The molecular weight excluding hydrogens is 300 g/mol. The van der Waals surface area contributed by atoms with Crippen LogP contribution >= 0.6 is 0 Å². The minimum Gasteiger partial charge on any atom is -0.304 e. The molecule has 0 spiro atoms. The zero-order valence-corrected chi connectivity index (χ0v) is 15.4. The van der Waals surface area contributed by atoms with Gasteiger partial charge in [0.2, 0.25) is 0 Å². The Balaban J connectivity index is 2.02. The van der Waals surface area contributed by atoms with Gasteiger partial charge in [0.15, 0.2) is 5.82 Å². The molecule has 1 aliphatic heterocycles. The monoisotopic (exact) mass is 328 g/mol. The van der Waals surface area contributed by atoms with Crippen LogP contribution in [0.25, 0.3) is 0 Å². The van der Waals surface area contributed by atoms with E-state index in [1.807, 2.05) is 4.68 Å². The number of tetrazole rings is 1. The van der Waals surface area contributed by atoms with E-state index in [9.17, 15) is 0 Å². The molecule has 0 unspecified atom stereocenters. The summed E-state index contributed by atoms with van der Waals surface area (Å²) in [5.74, 6) is 0.927. The molecule has 1 aliphatic rings. The topological polar surface area (TPSA) is 50.1 Å². The molecule has 0 aliphatic carbocycles. The van der Waals surface area contributed by atoms with E-state index in [0.29, 0.717) is 0 Å². The summed E-state index contributed by atoms with van der Waals surface area (Å²) in [7, 11) is 2.18. The van der Waals surface area contributed by atoms with Crippen LogP contribution in [-0.2, 0) is 5.54 Å². The third-order valence-corrected chi connectivity index (χ3v) is 4.67. The molecule has 2 aromatic rings. The second-order valence-electron chi connectivity index (χ2n) is 7.77. The van der Waals surface area contributed by atoms with Gasteiger partial charge in [0.1, 0.15) is 0 Å². The minimum absolute atomic E-state index is 0.0912. The second-order valence-corrected chi connectivity index (χ2v) is 7.77. The fourth-order valence-electron chi connectivity index (χ4n) is 3.19. The van der Waals surface area contributed by atoms with Gasteiger partial charge < -0.3 is 4.90 Å². The van der Waals surface area contributed by atoms with Crippen LogP contribution in [-0.4, -0.2) is 63.2 Å². The first-order valence-electron chi connectivity index (χ1n) is 8.64. The van der Waals surface area contributed by atoms with Gasteiger partial charge in [-0.15, -0.1) is 5.10 Å². The van der Waals surface area contributed by atoms with Crippen molar-refractivity contribution in [2.24, 2.45) is 0 Å². The van der Waals surface area contributed by atoms with Crippen molar-refractivity contribution in [1.82, 2.24) is 30.0 Å². The molecule has 6 heteroatoms. The van der Waals surface area contributed by atoms with Crippen molar-refractivity contribution in [3.05, 3.63) is 41.2 Å². The van der Waals surface area contributed by atoms with Gasteiger partial charge in [-0.05, 0) is 50.7 Å². The standard InChI is InChI=1S/C18H28N6/c1-14-6-8-15(9-7-14)16(23-12-10-22(5)11-13-23)17-19-20-21-24(17)18(2,3)4/h6-9,16H,10-13H2,1-5H3/t16-/m1/s1. The molecule has 1 aromatic heterocycles. The van der Waals surface area contributed by atoms with Gasteiger partial charge in [0, 0.05) is 26.2 Å². The fourth-order valence-corrected chi connectivity index (χ4v) is 3.19. The van der Waals surface area contributed by atoms with Crippen LogP contribution < -0.4 is 0 Å². The molecule has 1 atom stereocenters. The van der Waals surface area contributed by atoms with Crippen molar-refractivity contribution < 1.29 is 0 Å². The van der Waals surface area contributed by atoms with E-state index in [2.05, 4.69) is 84.3 Å². The highest BCUT2D eigenvalue weighted by Gasteiger charge is 2.32. The van der Waals surface area contributed by atoms with Gasteiger partial charge in [-0.1, -0.05) is 29.8 Å². The van der Waals surface area contributed by atoms with E-state index >= 15 is 0 Å². The van der Waals surface area contributed by atoms with Crippen LogP contribution in [0.3, 0.4) is 0 Å². The van der Waals surface area contributed by atoms with E-state index in [4.69, 9.17) is 0 Å². The molecule has 0 radical (unpaired) electrons. The quantitative estimate of drug-likeness (QED) is 0.863. The summed E-state index contributed by atoms with van der Waals surface area (Å²) in [6.45, 7) is 12.7. The number of aryl methyl sites for hydroxylation is 1. The Morgan fingerprint density at radius 3 is 2.21 bits per heavy atom. The fraction of sp³-hybridized carbons (Fsp3) is 0.611. The molecule has 0 bridgehead atoms. The molecule has 2 heterocycles. The Morgan fingerprint density at radius 1 is 1.00 bits per heavy atom. The summed E-state index contributed by atoms with van der Waals surface area (Å²) in [6, 6.07) is 8.85. The number of aromatic nitrogens is 4. The molecule has 130 valence electrons. The first kappa shape index (κ1) is 17.0. The number of nitrogens with zero attached hydrogens (tertiary/aromatic N) is 6. The van der Waals surface area contributed by atoms with Crippen LogP contribution in [0.15, 0.2) is 24.3 Å². The van der Waals surface area contributed by atoms with Crippen LogP contribution in [0.1, 0.15) is 43.8 Å². The van der Waals surface area contributed by atoms with Gasteiger partial charge in [-0.3, -0.25) is 4.90 Å². The number of likely N-dealkylation sites (N-methyl/N-ethyl adjacent to an activating group) is 1. The minimum atomic E-state index is -0.144. The van der Waals surface area contributed by atoms with Gasteiger partial charge in [-0.25, -0.2) is 4.68 Å². The Kier molecular flexibility index (Phi) is 4.69. The van der Waals surface area contributed by atoms with Crippen molar-refractivity contribution in [3.63, 3.8) is 0 Å². The SMILES string of the molecule is Cc1ccc([C@H](c2nnnn2C(C)(C)C)N2CCN(C)CC2)cc1. The van der Waals surface area contributed by atoms with Crippen LogP contribution in [0, 0.1) is 6.92 Å². The summed E-state index contributed by atoms with van der Waals surface area (Å²) >= 11 is 0. The Morgan fingerprint density at radius 2 is 1.62 bits per heavy atom. The first-order chi connectivity index (χ1) is 11.4. The summed E-state index contributed by atoms with van der Waals surface area (Å²) in [6.07, 6.45) is 0. The maximum atomic E-state index is 4.42. The molecule has 0 N–H and O–H groups in total. The van der Waals surface area contributed by atoms with Crippen LogP contribution in [0.4, 0.5) is 0 Å². The zero-order chi connectivity index (χ0) is 17.3. The lowest BCUT2D eigenvalue weighted by atomic mass is 10.0. The molecule has 24 heavy (non-hydrogen) atoms. The number of rotatable bonds is 3. The molecule has 1 fully saturated rings. The molecular formula is C18H28N6. The van der Waals surface area contributed by atoms with Crippen molar-refractivity contribution in [2.45, 2.75) is 39.3 Å². The van der Waals surface area contributed by atoms with Crippen molar-refractivity contribution in [1.29, 1.82) is 0 Å². The smallest absolute Gasteiger partial charge is 0.173 e. The lowest BCUT2D eigenvalue weighted by molar-refractivity contribution is 0.118. The second kappa shape index (κ2) is 6.61. The van der Waals surface area contributed by atoms with Crippen molar-refractivity contribution in [2.75, 3.05) is 33.2 Å². The Hall–Kier alpha value is -1.79.